The third-order valence-corrected chi connectivity index (χ3v) is 7.36. The normalized spacial score (nSPS) is 27.5. The van der Waals surface area contributed by atoms with Gasteiger partial charge in [-0.05, 0) is 36.7 Å². The summed E-state index contributed by atoms with van der Waals surface area (Å²) >= 11 is 1.67. The summed E-state index contributed by atoms with van der Waals surface area (Å²) < 4.78 is 0. The van der Waals surface area contributed by atoms with Gasteiger partial charge < -0.3 is 5.32 Å². The van der Waals surface area contributed by atoms with Gasteiger partial charge in [-0.3, -0.25) is 9.69 Å². The molecule has 2 aliphatic carbocycles. The molecule has 136 valence electrons. The number of rotatable bonds is 4. The summed E-state index contributed by atoms with van der Waals surface area (Å²) in [4.78, 5) is 21.2. The number of benzene rings is 1. The van der Waals surface area contributed by atoms with Crippen LogP contribution < -0.4 is 5.32 Å². The topological polar surface area (TPSA) is 45.2 Å². The lowest BCUT2D eigenvalue weighted by atomic mass is 9.88. The highest BCUT2D eigenvalue weighted by atomic mass is 32.1. The molecular formula is C21H25N3OS. The zero-order chi connectivity index (χ0) is 17.5. The van der Waals surface area contributed by atoms with Crippen LogP contribution in [0.1, 0.15) is 41.8 Å². The highest BCUT2D eigenvalue weighted by Gasteiger charge is 2.43. The minimum atomic E-state index is 0.212. The molecule has 0 radical (unpaired) electrons. The largest absolute Gasteiger partial charge is 0.302 e. The lowest BCUT2D eigenvalue weighted by molar-refractivity contribution is -0.121. The molecule has 4 nitrogen and oxygen atoms in total. The van der Waals surface area contributed by atoms with E-state index in [2.05, 4.69) is 40.5 Å². The Kier molecular flexibility index (Phi) is 4.29. The summed E-state index contributed by atoms with van der Waals surface area (Å²) in [6, 6.07) is 10.6. The molecule has 1 aliphatic heterocycles. The maximum Gasteiger partial charge on any atom is 0.229 e. The van der Waals surface area contributed by atoms with Gasteiger partial charge in [0, 0.05) is 36.9 Å². The lowest BCUT2D eigenvalue weighted by Crippen LogP contribution is -2.29. The quantitative estimate of drug-likeness (QED) is 0.886. The Bertz CT molecular complexity index is 803. The maximum atomic E-state index is 12.7. The van der Waals surface area contributed by atoms with Crippen molar-refractivity contribution in [3.8, 4) is 0 Å². The maximum absolute atomic E-state index is 12.7. The minimum absolute atomic E-state index is 0.212. The van der Waals surface area contributed by atoms with Crippen molar-refractivity contribution in [1.82, 2.24) is 9.88 Å². The van der Waals surface area contributed by atoms with Gasteiger partial charge in [0.05, 0.1) is 5.69 Å². The van der Waals surface area contributed by atoms with Crippen LogP contribution in [0.2, 0.25) is 0 Å². The van der Waals surface area contributed by atoms with E-state index in [4.69, 9.17) is 4.98 Å². The number of carbonyl (C=O) groups is 1. The molecule has 2 saturated carbocycles. The number of nitrogens with one attached hydrogen (secondary N) is 1. The Labute approximate surface area is 158 Å². The van der Waals surface area contributed by atoms with Gasteiger partial charge in [-0.1, -0.05) is 36.8 Å². The van der Waals surface area contributed by atoms with Crippen LogP contribution in [0.5, 0.6) is 0 Å². The second-order valence-corrected chi connectivity index (χ2v) is 9.19. The molecule has 2 bridgehead atoms. The summed E-state index contributed by atoms with van der Waals surface area (Å²) in [6.45, 7) is 2.95. The van der Waals surface area contributed by atoms with Crippen LogP contribution >= 0.6 is 11.3 Å². The fourth-order valence-electron chi connectivity index (χ4n) is 5.04. The van der Waals surface area contributed by atoms with Gasteiger partial charge in [-0.25, -0.2) is 4.98 Å². The molecule has 1 aromatic heterocycles. The van der Waals surface area contributed by atoms with Crippen molar-refractivity contribution in [2.45, 2.75) is 45.2 Å². The van der Waals surface area contributed by atoms with E-state index in [9.17, 15) is 4.79 Å². The Morgan fingerprint density at radius 1 is 1.23 bits per heavy atom. The molecule has 26 heavy (non-hydrogen) atoms. The standard InChI is InChI=1S/C21H25N3OS/c25-20(17-11-15-6-7-16(17)10-15)23-21-22-18-8-9-24(13-19(18)26-21)12-14-4-2-1-3-5-14/h1-5,15-17H,6-13H2,(H,22,23,25). The monoisotopic (exact) mass is 367 g/mol. The zero-order valence-electron chi connectivity index (χ0n) is 15.0. The summed E-state index contributed by atoms with van der Waals surface area (Å²) in [5.41, 5.74) is 2.54. The Balaban J connectivity index is 1.23. The van der Waals surface area contributed by atoms with E-state index in [0.717, 1.165) is 43.5 Å². The van der Waals surface area contributed by atoms with Gasteiger partial charge in [0.15, 0.2) is 5.13 Å². The smallest absolute Gasteiger partial charge is 0.229 e. The van der Waals surface area contributed by atoms with E-state index in [1.54, 1.807) is 11.3 Å². The third-order valence-electron chi connectivity index (χ3n) is 6.36. The van der Waals surface area contributed by atoms with Crippen molar-refractivity contribution in [3.63, 3.8) is 0 Å². The molecule has 3 atom stereocenters. The van der Waals surface area contributed by atoms with E-state index in [0.29, 0.717) is 5.92 Å². The van der Waals surface area contributed by atoms with E-state index in [-0.39, 0.29) is 11.8 Å². The van der Waals surface area contributed by atoms with E-state index >= 15 is 0 Å². The van der Waals surface area contributed by atoms with Crippen molar-refractivity contribution < 1.29 is 4.79 Å². The first-order chi connectivity index (χ1) is 12.7. The third kappa shape index (κ3) is 3.19. The van der Waals surface area contributed by atoms with E-state index < -0.39 is 0 Å². The number of thiazole rings is 1. The molecule has 0 saturated heterocycles. The zero-order valence-corrected chi connectivity index (χ0v) is 15.8. The first kappa shape index (κ1) is 16.5. The van der Waals surface area contributed by atoms with E-state index in [1.165, 1.54) is 35.4 Å². The van der Waals surface area contributed by atoms with Crippen LogP contribution in [0.15, 0.2) is 30.3 Å². The molecule has 3 unspecified atom stereocenters. The van der Waals surface area contributed by atoms with Gasteiger partial charge in [-0.15, -0.1) is 11.3 Å². The van der Waals surface area contributed by atoms with Crippen LogP contribution in [0, 0.1) is 17.8 Å². The van der Waals surface area contributed by atoms with Gasteiger partial charge in [0.25, 0.3) is 0 Å². The molecule has 1 amide bonds. The molecule has 5 rings (SSSR count). The summed E-state index contributed by atoms with van der Waals surface area (Å²) in [5.74, 6) is 1.86. The molecule has 1 N–H and O–H groups in total. The van der Waals surface area contributed by atoms with Crippen molar-refractivity contribution in [1.29, 1.82) is 0 Å². The molecular weight excluding hydrogens is 342 g/mol. The number of aromatic nitrogens is 1. The number of carbonyl (C=O) groups excluding carboxylic acids is 1. The Hall–Kier alpha value is -1.72. The SMILES string of the molecule is O=C(Nc1nc2c(s1)CN(Cc1ccccc1)CC2)C1CC2CCC1C2. The Morgan fingerprint density at radius 3 is 2.88 bits per heavy atom. The predicted molar refractivity (Wildman–Crippen MR) is 104 cm³/mol. The van der Waals surface area contributed by atoms with Gasteiger partial charge in [0.2, 0.25) is 5.91 Å². The predicted octanol–water partition coefficient (Wildman–Crippen LogP) is 4.08. The average molecular weight is 368 g/mol. The molecule has 2 heterocycles. The van der Waals surface area contributed by atoms with Crippen molar-refractivity contribution in [2.24, 2.45) is 17.8 Å². The second kappa shape index (κ2) is 6.78. The van der Waals surface area contributed by atoms with E-state index in [1.807, 2.05) is 0 Å². The second-order valence-electron chi connectivity index (χ2n) is 8.11. The number of fused-ring (bicyclic) bond motifs is 3. The van der Waals surface area contributed by atoms with Gasteiger partial charge in [0.1, 0.15) is 0 Å². The van der Waals surface area contributed by atoms with Crippen LogP contribution in [-0.4, -0.2) is 22.3 Å². The first-order valence-corrected chi connectivity index (χ1v) is 10.6. The fraction of sp³-hybridized carbons (Fsp3) is 0.524. The molecule has 5 heteroatoms. The average Bonchev–Trinajstić information content (AvgIpc) is 3.37. The number of hydrogen-bond acceptors (Lipinski definition) is 4. The molecule has 3 aliphatic rings. The van der Waals surface area contributed by atoms with Crippen molar-refractivity contribution >= 4 is 22.4 Å². The first-order valence-electron chi connectivity index (χ1n) is 9.80. The molecule has 2 aromatic rings. The number of hydrogen-bond donors (Lipinski definition) is 1. The van der Waals surface area contributed by atoms with Crippen LogP contribution in [-0.2, 0) is 24.3 Å². The highest BCUT2D eigenvalue weighted by Crippen LogP contribution is 2.48. The fourth-order valence-corrected chi connectivity index (χ4v) is 6.10. The number of nitrogens with zero attached hydrogens (tertiary/aromatic N) is 2. The highest BCUT2D eigenvalue weighted by molar-refractivity contribution is 7.15. The molecule has 2 fully saturated rings. The van der Waals surface area contributed by atoms with Crippen LogP contribution in [0.3, 0.4) is 0 Å². The minimum Gasteiger partial charge on any atom is -0.302 e. The number of amides is 1. The van der Waals surface area contributed by atoms with Crippen LogP contribution in [0.25, 0.3) is 0 Å². The summed E-state index contributed by atoms with van der Waals surface area (Å²) in [6.07, 6.45) is 5.90. The van der Waals surface area contributed by atoms with Gasteiger partial charge in [-0.2, -0.15) is 0 Å². The number of anilines is 1. The van der Waals surface area contributed by atoms with Crippen molar-refractivity contribution in [2.75, 3.05) is 11.9 Å². The summed E-state index contributed by atoms with van der Waals surface area (Å²) in [7, 11) is 0. The summed E-state index contributed by atoms with van der Waals surface area (Å²) in [5, 5.41) is 3.95. The van der Waals surface area contributed by atoms with Crippen LogP contribution in [0.4, 0.5) is 5.13 Å². The lowest BCUT2D eigenvalue weighted by Gasteiger charge is -2.25. The molecule has 0 spiro atoms. The molecule has 1 aromatic carbocycles. The Morgan fingerprint density at radius 2 is 2.12 bits per heavy atom. The van der Waals surface area contributed by atoms with Gasteiger partial charge >= 0.3 is 0 Å². The van der Waals surface area contributed by atoms with Crippen molar-refractivity contribution in [3.05, 3.63) is 46.5 Å².